The molecule has 4 saturated carbocycles. The third-order valence-corrected chi connectivity index (χ3v) is 8.06. The molecule has 0 heterocycles. The van der Waals surface area contributed by atoms with Gasteiger partial charge in [-0.05, 0) is 110 Å². The van der Waals surface area contributed by atoms with Crippen molar-refractivity contribution in [2.24, 2.45) is 28.2 Å². The number of aromatic carboxylic acids is 1. The van der Waals surface area contributed by atoms with Crippen molar-refractivity contribution in [3.8, 4) is 5.75 Å². The quantitative estimate of drug-likeness (QED) is 0.354. The van der Waals surface area contributed by atoms with Crippen molar-refractivity contribution < 1.29 is 14.6 Å². The number of carbonyl (C=O) groups is 1. The summed E-state index contributed by atoms with van der Waals surface area (Å²) in [4.78, 5) is 16.0. The smallest absolute Gasteiger partial charge is 0.335 e. The van der Waals surface area contributed by atoms with Crippen molar-refractivity contribution in [3.63, 3.8) is 0 Å². The Kier molecular flexibility index (Phi) is 6.48. The normalized spacial score (nSPS) is 27.4. The molecule has 34 heavy (non-hydrogen) atoms. The first-order valence-electron chi connectivity index (χ1n) is 12.5. The first-order chi connectivity index (χ1) is 16.5. The molecule has 6 heteroatoms. The topological polar surface area (TPSA) is 83.0 Å². The monoisotopic (exact) mass is 461 g/mol. The van der Waals surface area contributed by atoms with Gasteiger partial charge in [0.25, 0.3) is 0 Å². The lowest BCUT2D eigenvalue weighted by Gasteiger charge is -2.57. The van der Waals surface area contributed by atoms with Gasteiger partial charge in [-0.2, -0.15) is 0 Å². The predicted octanol–water partition coefficient (Wildman–Crippen LogP) is 5.56. The average molecular weight is 462 g/mol. The number of ether oxygens (including phenoxy) is 1. The molecule has 0 atom stereocenters. The van der Waals surface area contributed by atoms with Gasteiger partial charge >= 0.3 is 5.97 Å². The molecule has 180 valence electrons. The second kappa shape index (κ2) is 9.69. The number of nitrogens with one attached hydrogen (secondary N) is 2. The molecule has 2 aromatic rings. The lowest BCUT2D eigenvalue weighted by Crippen LogP contribution is -2.47. The van der Waals surface area contributed by atoms with Gasteiger partial charge < -0.3 is 20.5 Å². The van der Waals surface area contributed by atoms with E-state index in [0.29, 0.717) is 12.0 Å². The Balaban J connectivity index is 1.26. The number of nitrogens with zero attached hydrogens (tertiary/aromatic N) is 1. The number of methoxy groups -OCH3 is 1. The van der Waals surface area contributed by atoms with Crippen LogP contribution in [0, 0.1) is 23.2 Å². The predicted molar refractivity (Wildman–Crippen MR) is 134 cm³/mol. The summed E-state index contributed by atoms with van der Waals surface area (Å²) in [7, 11) is 1.67. The molecule has 0 amide bonds. The molecular weight excluding hydrogens is 426 g/mol. The highest BCUT2D eigenvalue weighted by molar-refractivity contribution is 5.94. The summed E-state index contributed by atoms with van der Waals surface area (Å²) in [6.07, 6.45) is 9.80. The van der Waals surface area contributed by atoms with Gasteiger partial charge in [0.05, 0.1) is 19.2 Å². The minimum atomic E-state index is -0.924. The Morgan fingerprint density at radius 2 is 1.74 bits per heavy atom. The highest BCUT2D eigenvalue weighted by atomic mass is 16.5. The standard InChI is InChI=1S/C28H35N3O3/c1-34-25-4-2-3-19(14-25)18-30-27(31-24-7-5-23(6-8-24)26(32)33)29-10-9-28-15-20-11-21(16-28)13-22(12-20)17-28/h2-8,14,20-22H,9-13,15-18H2,1H3,(H,32,33)(H2,29,30,31). The lowest BCUT2D eigenvalue weighted by atomic mass is 9.49. The number of rotatable bonds is 8. The molecule has 0 saturated heterocycles. The molecule has 0 radical (unpaired) electrons. The highest BCUT2D eigenvalue weighted by Crippen LogP contribution is 2.61. The summed E-state index contributed by atoms with van der Waals surface area (Å²) in [6.45, 7) is 1.42. The van der Waals surface area contributed by atoms with Gasteiger partial charge in [-0.1, -0.05) is 12.1 Å². The molecule has 4 fully saturated rings. The van der Waals surface area contributed by atoms with Crippen LogP contribution in [-0.2, 0) is 6.54 Å². The van der Waals surface area contributed by atoms with Gasteiger partial charge in [0.1, 0.15) is 5.75 Å². The molecule has 4 bridgehead atoms. The van der Waals surface area contributed by atoms with E-state index in [9.17, 15) is 9.90 Å². The van der Waals surface area contributed by atoms with E-state index < -0.39 is 5.97 Å². The molecular formula is C28H35N3O3. The molecule has 0 aliphatic heterocycles. The largest absolute Gasteiger partial charge is 0.497 e. The van der Waals surface area contributed by atoms with E-state index in [-0.39, 0.29) is 5.56 Å². The zero-order chi connectivity index (χ0) is 23.5. The Hall–Kier alpha value is -3.02. The van der Waals surface area contributed by atoms with Crippen LogP contribution in [0.3, 0.4) is 0 Å². The maximum absolute atomic E-state index is 11.2. The molecule has 2 aromatic carbocycles. The molecule has 3 N–H and O–H groups in total. The van der Waals surface area contributed by atoms with E-state index in [1.807, 2.05) is 24.3 Å². The molecule has 0 aromatic heterocycles. The van der Waals surface area contributed by atoms with Crippen molar-refractivity contribution in [2.45, 2.75) is 51.5 Å². The summed E-state index contributed by atoms with van der Waals surface area (Å²) < 4.78 is 5.34. The van der Waals surface area contributed by atoms with Crippen LogP contribution in [0.25, 0.3) is 0 Å². The number of carboxylic acid groups (broad SMARTS) is 1. The molecule has 4 aliphatic rings. The van der Waals surface area contributed by atoms with Crippen molar-refractivity contribution in [1.82, 2.24) is 5.32 Å². The number of anilines is 1. The van der Waals surface area contributed by atoms with E-state index in [0.717, 1.165) is 47.3 Å². The lowest BCUT2D eigenvalue weighted by molar-refractivity contribution is -0.0562. The zero-order valence-corrected chi connectivity index (χ0v) is 19.9. The van der Waals surface area contributed by atoms with Crippen LogP contribution in [0.2, 0.25) is 0 Å². The number of hydrogen-bond acceptors (Lipinski definition) is 3. The third-order valence-electron chi connectivity index (χ3n) is 8.06. The maximum Gasteiger partial charge on any atom is 0.335 e. The van der Waals surface area contributed by atoms with Crippen molar-refractivity contribution in [3.05, 3.63) is 59.7 Å². The summed E-state index contributed by atoms with van der Waals surface area (Å²) in [5.41, 5.74) is 2.68. The van der Waals surface area contributed by atoms with Gasteiger partial charge in [-0.3, -0.25) is 0 Å². The maximum atomic E-state index is 11.2. The average Bonchev–Trinajstić information content (AvgIpc) is 2.82. The summed E-state index contributed by atoms with van der Waals surface area (Å²) in [6, 6.07) is 14.7. The fourth-order valence-electron chi connectivity index (χ4n) is 6.96. The van der Waals surface area contributed by atoms with Gasteiger partial charge in [0.2, 0.25) is 0 Å². The van der Waals surface area contributed by atoms with E-state index in [4.69, 9.17) is 9.73 Å². The van der Waals surface area contributed by atoms with E-state index in [2.05, 4.69) is 10.6 Å². The fourth-order valence-corrected chi connectivity index (χ4v) is 6.96. The number of hydrogen-bond donors (Lipinski definition) is 3. The number of aliphatic imine (C=N–C) groups is 1. The number of benzene rings is 2. The number of carboxylic acids is 1. The molecule has 6 nitrogen and oxygen atoms in total. The Morgan fingerprint density at radius 3 is 2.35 bits per heavy atom. The summed E-state index contributed by atoms with van der Waals surface area (Å²) in [5, 5.41) is 16.1. The summed E-state index contributed by atoms with van der Waals surface area (Å²) >= 11 is 0. The second-order valence-corrected chi connectivity index (χ2v) is 10.6. The Labute approximate surface area is 201 Å². The third kappa shape index (κ3) is 5.21. The molecule has 6 rings (SSSR count). The van der Waals surface area contributed by atoms with E-state index in [1.165, 1.54) is 44.9 Å². The molecule has 0 unspecified atom stereocenters. The van der Waals surface area contributed by atoms with Crippen LogP contribution >= 0.6 is 0 Å². The van der Waals surface area contributed by atoms with Crippen LogP contribution in [-0.4, -0.2) is 30.7 Å². The van der Waals surface area contributed by atoms with Crippen LogP contribution < -0.4 is 15.4 Å². The van der Waals surface area contributed by atoms with Gasteiger partial charge in [-0.25, -0.2) is 9.79 Å². The van der Waals surface area contributed by atoms with Gasteiger partial charge in [-0.15, -0.1) is 0 Å². The SMILES string of the molecule is COc1cccc(CN=C(NCCC23CC4CC(CC(C4)C2)C3)Nc2ccc(C(=O)O)cc2)c1. The molecule has 0 spiro atoms. The first-order valence-corrected chi connectivity index (χ1v) is 12.5. The van der Waals surface area contributed by atoms with Crippen molar-refractivity contribution >= 4 is 17.6 Å². The van der Waals surface area contributed by atoms with Crippen LogP contribution in [0.4, 0.5) is 5.69 Å². The van der Waals surface area contributed by atoms with Gasteiger partial charge in [0.15, 0.2) is 5.96 Å². The van der Waals surface area contributed by atoms with E-state index >= 15 is 0 Å². The fraction of sp³-hybridized carbons (Fsp3) is 0.500. The summed E-state index contributed by atoms with van der Waals surface area (Å²) in [5.74, 6) is 3.49. The van der Waals surface area contributed by atoms with E-state index in [1.54, 1.807) is 31.4 Å². The van der Waals surface area contributed by atoms with Crippen LogP contribution in [0.1, 0.15) is 60.9 Å². The second-order valence-electron chi connectivity index (χ2n) is 10.6. The van der Waals surface area contributed by atoms with Crippen molar-refractivity contribution in [1.29, 1.82) is 0 Å². The zero-order valence-electron chi connectivity index (χ0n) is 19.9. The minimum Gasteiger partial charge on any atom is -0.497 e. The Morgan fingerprint density at radius 1 is 1.06 bits per heavy atom. The van der Waals surface area contributed by atoms with Crippen LogP contribution in [0.5, 0.6) is 5.75 Å². The number of guanidine groups is 1. The van der Waals surface area contributed by atoms with Crippen molar-refractivity contribution in [2.75, 3.05) is 19.0 Å². The Bertz CT molecular complexity index is 1010. The molecule has 4 aliphatic carbocycles. The van der Waals surface area contributed by atoms with Crippen LogP contribution in [0.15, 0.2) is 53.5 Å². The highest BCUT2D eigenvalue weighted by Gasteiger charge is 2.50. The first kappa shape index (κ1) is 22.8. The minimum absolute atomic E-state index is 0.273. The van der Waals surface area contributed by atoms with Gasteiger partial charge in [0, 0.05) is 12.2 Å².